The third kappa shape index (κ3) is 5.43. The maximum absolute atomic E-state index is 5.53. The number of aliphatic imine (C=N–C) groups is 1. The van der Waals surface area contributed by atoms with Crippen molar-refractivity contribution in [2.75, 3.05) is 54.6 Å². The first kappa shape index (κ1) is 23.7. The summed E-state index contributed by atoms with van der Waals surface area (Å²) in [4.78, 5) is 13.8. The highest BCUT2D eigenvalue weighted by atomic mass is 16.5. The zero-order valence-electron chi connectivity index (χ0n) is 20.1. The number of aromatic nitrogens is 1. The molecule has 1 fully saturated rings. The van der Waals surface area contributed by atoms with Crippen LogP contribution in [0.25, 0.3) is 0 Å². The number of nitrogens with one attached hydrogen (secondary N) is 1. The fourth-order valence-electron chi connectivity index (χ4n) is 4.11. The van der Waals surface area contributed by atoms with Gasteiger partial charge in [0.2, 0.25) is 0 Å². The van der Waals surface area contributed by atoms with Gasteiger partial charge in [-0.05, 0) is 32.0 Å². The lowest BCUT2D eigenvalue weighted by atomic mass is 10.1. The zero-order chi connectivity index (χ0) is 23.1. The number of pyridine rings is 1. The van der Waals surface area contributed by atoms with E-state index in [1.165, 1.54) is 0 Å². The van der Waals surface area contributed by atoms with E-state index < -0.39 is 0 Å². The summed E-state index contributed by atoms with van der Waals surface area (Å²) in [5.41, 5.74) is 4.21. The molecule has 1 saturated heterocycles. The van der Waals surface area contributed by atoms with Gasteiger partial charge < -0.3 is 24.4 Å². The lowest BCUT2D eigenvalue weighted by molar-refractivity contribution is 0.171. The monoisotopic (exact) mass is 441 g/mol. The number of aryl methyl sites for hydroxylation is 1. The molecule has 0 spiro atoms. The molecular formula is C24H35N5O3. The van der Waals surface area contributed by atoms with Gasteiger partial charge in [-0.2, -0.15) is 0 Å². The van der Waals surface area contributed by atoms with Crippen LogP contribution in [0.15, 0.2) is 29.4 Å². The van der Waals surface area contributed by atoms with Crippen LogP contribution < -0.4 is 19.5 Å². The van der Waals surface area contributed by atoms with Crippen LogP contribution in [0, 0.1) is 13.8 Å². The van der Waals surface area contributed by atoms with Crippen molar-refractivity contribution in [1.29, 1.82) is 0 Å². The Bertz CT molecular complexity index is 939. The Labute approximate surface area is 191 Å². The third-order valence-electron chi connectivity index (χ3n) is 5.93. The summed E-state index contributed by atoms with van der Waals surface area (Å²) in [6.07, 6.45) is 1.86. The van der Waals surface area contributed by atoms with E-state index in [1.54, 1.807) is 21.3 Å². The summed E-state index contributed by atoms with van der Waals surface area (Å²) in [6.45, 7) is 9.17. The van der Waals surface area contributed by atoms with Gasteiger partial charge in [0.15, 0.2) is 5.96 Å². The molecule has 8 heteroatoms. The molecular weight excluding hydrogens is 406 g/mol. The number of piperazine rings is 1. The van der Waals surface area contributed by atoms with Crippen LogP contribution in [0.1, 0.15) is 22.4 Å². The molecule has 2 aromatic rings. The van der Waals surface area contributed by atoms with Crippen LogP contribution in [0.5, 0.6) is 17.2 Å². The van der Waals surface area contributed by atoms with E-state index in [4.69, 9.17) is 14.2 Å². The van der Waals surface area contributed by atoms with Gasteiger partial charge in [0.25, 0.3) is 0 Å². The summed E-state index contributed by atoms with van der Waals surface area (Å²) in [5.74, 6) is 3.53. The van der Waals surface area contributed by atoms with Crippen molar-refractivity contribution in [3.05, 3.63) is 46.8 Å². The molecule has 0 atom stereocenters. The second-order valence-corrected chi connectivity index (χ2v) is 7.89. The standard InChI is InChI=1S/C24H35N5O3/c1-17-14-26-21(18(2)23(17)32-6)15-27-24(25-3)29-11-9-28(10-12-29)16-19-13-20(30-4)7-8-22(19)31-5/h7-8,13-14H,9-12,15-16H2,1-6H3,(H,25,27). The summed E-state index contributed by atoms with van der Waals surface area (Å²) in [7, 11) is 6.92. The first-order valence-corrected chi connectivity index (χ1v) is 10.9. The van der Waals surface area contributed by atoms with E-state index in [1.807, 2.05) is 39.2 Å². The van der Waals surface area contributed by atoms with Crippen molar-refractivity contribution in [3.63, 3.8) is 0 Å². The largest absolute Gasteiger partial charge is 0.497 e. The van der Waals surface area contributed by atoms with Crippen LogP contribution >= 0.6 is 0 Å². The van der Waals surface area contributed by atoms with Gasteiger partial charge in [-0.1, -0.05) is 0 Å². The van der Waals surface area contributed by atoms with Gasteiger partial charge in [0.1, 0.15) is 17.2 Å². The lowest BCUT2D eigenvalue weighted by Crippen LogP contribution is -2.52. The maximum atomic E-state index is 5.53. The SMILES string of the molecule is CN=C(NCc1ncc(C)c(OC)c1C)N1CCN(Cc2cc(OC)ccc2OC)CC1. The van der Waals surface area contributed by atoms with Gasteiger partial charge in [0.05, 0.1) is 33.6 Å². The number of ether oxygens (including phenoxy) is 3. The number of methoxy groups -OCH3 is 3. The molecule has 1 aromatic carbocycles. The lowest BCUT2D eigenvalue weighted by Gasteiger charge is -2.36. The molecule has 1 aliphatic rings. The van der Waals surface area contributed by atoms with Crippen LogP contribution in [-0.2, 0) is 13.1 Å². The first-order chi connectivity index (χ1) is 15.5. The second-order valence-electron chi connectivity index (χ2n) is 7.89. The van der Waals surface area contributed by atoms with Crippen LogP contribution in [0.2, 0.25) is 0 Å². The second kappa shape index (κ2) is 11.0. The smallest absolute Gasteiger partial charge is 0.194 e. The topological polar surface area (TPSA) is 71.5 Å². The fourth-order valence-corrected chi connectivity index (χ4v) is 4.11. The van der Waals surface area contributed by atoms with E-state index in [0.717, 1.165) is 78.3 Å². The fraction of sp³-hybridized carbons (Fsp3) is 0.500. The molecule has 1 N–H and O–H groups in total. The highest BCUT2D eigenvalue weighted by Gasteiger charge is 2.21. The molecule has 0 saturated carbocycles. The first-order valence-electron chi connectivity index (χ1n) is 10.9. The highest BCUT2D eigenvalue weighted by molar-refractivity contribution is 5.80. The van der Waals surface area contributed by atoms with E-state index in [2.05, 4.69) is 31.2 Å². The maximum Gasteiger partial charge on any atom is 0.194 e. The van der Waals surface area contributed by atoms with Gasteiger partial charge >= 0.3 is 0 Å². The summed E-state index contributed by atoms with van der Waals surface area (Å²) >= 11 is 0. The molecule has 174 valence electrons. The molecule has 2 heterocycles. The normalized spacial score (nSPS) is 14.9. The Morgan fingerprint density at radius 1 is 1.06 bits per heavy atom. The summed E-state index contributed by atoms with van der Waals surface area (Å²) in [6, 6.07) is 5.94. The average molecular weight is 442 g/mol. The number of nitrogens with zero attached hydrogens (tertiary/aromatic N) is 4. The predicted octanol–water partition coefficient (Wildman–Crippen LogP) is 2.62. The van der Waals surface area contributed by atoms with Crippen LogP contribution in [-0.4, -0.2) is 75.3 Å². The van der Waals surface area contributed by atoms with Crippen molar-refractivity contribution >= 4 is 5.96 Å². The zero-order valence-corrected chi connectivity index (χ0v) is 20.1. The quantitative estimate of drug-likeness (QED) is 0.523. The van der Waals surface area contributed by atoms with Gasteiger partial charge in [0, 0.05) is 62.7 Å². The summed E-state index contributed by atoms with van der Waals surface area (Å²) < 4.78 is 16.4. The Hall–Kier alpha value is -3.00. The number of guanidine groups is 1. The van der Waals surface area contributed by atoms with E-state index in [-0.39, 0.29) is 0 Å². The Kier molecular flexibility index (Phi) is 8.16. The Morgan fingerprint density at radius 3 is 2.44 bits per heavy atom. The number of hydrogen-bond donors (Lipinski definition) is 1. The van der Waals surface area contributed by atoms with Crippen molar-refractivity contribution < 1.29 is 14.2 Å². The molecule has 0 bridgehead atoms. The minimum atomic E-state index is 0.608. The molecule has 0 unspecified atom stereocenters. The third-order valence-corrected chi connectivity index (χ3v) is 5.93. The number of hydrogen-bond acceptors (Lipinski definition) is 6. The van der Waals surface area contributed by atoms with Crippen LogP contribution in [0.4, 0.5) is 0 Å². The predicted molar refractivity (Wildman–Crippen MR) is 127 cm³/mol. The molecule has 0 amide bonds. The molecule has 1 aliphatic heterocycles. The van der Waals surface area contributed by atoms with E-state index in [9.17, 15) is 0 Å². The molecule has 3 rings (SSSR count). The van der Waals surface area contributed by atoms with E-state index in [0.29, 0.717) is 6.54 Å². The minimum Gasteiger partial charge on any atom is -0.497 e. The van der Waals surface area contributed by atoms with Gasteiger partial charge in [-0.25, -0.2) is 0 Å². The highest BCUT2D eigenvalue weighted by Crippen LogP contribution is 2.26. The van der Waals surface area contributed by atoms with Gasteiger partial charge in [-0.15, -0.1) is 0 Å². The molecule has 0 aliphatic carbocycles. The van der Waals surface area contributed by atoms with E-state index >= 15 is 0 Å². The molecule has 32 heavy (non-hydrogen) atoms. The van der Waals surface area contributed by atoms with Crippen molar-refractivity contribution in [2.45, 2.75) is 26.9 Å². The van der Waals surface area contributed by atoms with Crippen molar-refractivity contribution in [3.8, 4) is 17.2 Å². The summed E-state index contributed by atoms with van der Waals surface area (Å²) in [5, 5.41) is 3.47. The van der Waals surface area contributed by atoms with Crippen molar-refractivity contribution in [2.24, 2.45) is 4.99 Å². The molecule has 8 nitrogen and oxygen atoms in total. The van der Waals surface area contributed by atoms with Crippen LogP contribution in [0.3, 0.4) is 0 Å². The Morgan fingerprint density at radius 2 is 1.81 bits per heavy atom. The molecule has 1 aromatic heterocycles. The average Bonchev–Trinajstić information content (AvgIpc) is 2.82. The Balaban J connectivity index is 1.57. The number of benzene rings is 1. The molecule has 0 radical (unpaired) electrons. The van der Waals surface area contributed by atoms with Crippen molar-refractivity contribution in [1.82, 2.24) is 20.1 Å². The van der Waals surface area contributed by atoms with Gasteiger partial charge in [-0.3, -0.25) is 14.9 Å². The number of rotatable bonds is 7. The minimum absolute atomic E-state index is 0.608.